The molecule has 0 radical (unpaired) electrons. The number of benzene rings is 1. The first-order chi connectivity index (χ1) is 13.5. The molecule has 1 aliphatic heterocycles. The molecule has 1 aromatic heterocycles. The lowest BCUT2D eigenvalue weighted by Gasteiger charge is -2.44. The molecule has 28 heavy (non-hydrogen) atoms. The summed E-state index contributed by atoms with van der Waals surface area (Å²) in [4.78, 5) is 21.0. The van der Waals surface area contributed by atoms with Crippen molar-refractivity contribution in [2.45, 2.75) is 31.2 Å². The fourth-order valence-electron chi connectivity index (χ4n) is 4.09. The third-order valence-electron chi connectivity index (χ3n) is 5.43. The van der Waals surface area contributed by atoms with Crippen molar-refractivity contribution in [3.05, 3.63) is 59.4 Å². The SMILES string of the molecule is NC1=N[C@@]2(c3cc(NC(=O)c4ccccn4)cc(F)c3F)CCCC[C@H]2CS1. The van der Waals surface area contributed by atoms with E-state index in [1.807, 2.05) is 0 Å². The van der Waals surface area contributed by atoms with Gasteiger partial charge in [-0.15, -0.1) is 0 Å². The molecule has 2 aromatic rings. The molecule has 2 aliphatic rings. The fraction of sp³-hybridized carbons (Fsp3) is 0.350. The Balaban J connectivity index is 1.75. The van der Waals surface area contributed by atoms with E-state index in [9.17, 15) is 13.6 Å². The Labute approximate surface area is 165 Å². The highest BCUT2D eigenvalue weighted by Gasteiger charge is 2.46. The maximum Gasteiger partial charge on any atom is 0.274 e. The Morgan fingerprint density at radius 1 is 1.29 bits per heavy atom. The summed E-state index contributed by atoms with van der Waals surface area (Å²) in [6, 6.07) is 7.40. The molecule has 1 amide bonds. The van der Waals surface area contributed by atoms with Gasteiger partial charge in [0.15, 0.2) is 16.8 Å². The molecular weight excluding hydrogens is 382 g/mol. The third kappa shape index (κ3) is 3.37. The number of rotatable bonds is 3. The zero-order valence-corrected chi connectivity index (χ0v) is 15.9. The van der Waals surface area contributed by atoms with Gasteiger partial charge in [0.05, 0.1) is 5.54 Å². The van der Waals surface area contributed by atoms with Gasteiger partial charge in [-0.3, -0.25) is 14.8 Å². The van der Waals surface area contributed by atoms with Crippen molar-refractivity contribution in [1.29, 1.82) is 0 Å². The van der Waals surface area contributed by atoms with E-state index < -0.39 is 23.1 Å². The number of nitrogens with two attached hydrogens (primary N) is 1. The number of aliphatic imine (C=N–C) groups is 1. The number of amides is 1. The maximum absolute atomic E-state index is 14.9. The summed E-state index contributed by atoms with van der Waals surface area (Å²) in [5.41, 5.74) is 5.61. The largest absolute Gasteiger partial charge is 0.379 e. The number of hydrogen-bond acceptors (Lipinski definition) is 5. The van der Waals surface area contributed by atoms with Gasteiger partial charge >= 0.3 is 0 Å². The number of aromatic nitrogens is 1. The van der Waals surface area contributed by atoms with Crippen LogP contribution in [0.1, 0.15) is 41.7 Å². The summed E-state index contributed by atoms with van der Waals surface area (Å²) in [6.45, 7) is 0. The smallest absolute Gasteiger partial charge is 0.274 e. The highest BCUT2D eigenvalue weighted by atomic mass is 32.2. The van der Waals surface area contributed by atoms with E-state index in [0.29, 0.717) is 11.6 Å². The molecule has 1 aromatic carbocycles. The molecule has 1 fully saturated rings. The molecule has 146 valence electrons. The Morgan fingerprint density at radius 2 is 2.14 bits per heavy atom. The number of pyridine rings is 1. The van der Waals surface area contributed by atoms with Crippen LogP contribution in [0.2, 0.25) is 0 Å². The highest BCUT2D eigenvalue weighted by molar-refractivity contribution is 8.13. The standard InChI is InChI=1S/C20H20F2N4OS/c21-15-10-13(25-18(27)16-6-2-4-8-24-16)9-14(17(15)22)20-7-3-1-5-12(20)11-28-19(23)26-20/h2,4,6,8-10,12H,1,3,5,7,11H2,(H2,23,26)(H,25,27)/t12-,20-/m0/s1. The summed E-state index contributed by atoms with van der Waals surface area (Å²) in [5, 5.41) is 3.01. The maximum atomic E-state index is 14.9. The zero-order chi connectivity index (χ0) is 19.7. The third-order valence-corrected chi connectivity index (χ3v) is 6.38. The number of carbonyl (C=O) groups is 1. The molecule has 3 N–H and O–H groups in total. The lowest BCUT2D eigenvalue weighted by molar-refractivity contribution is 0.102. The van der Waals surface area contributed by atoms with E-state index >= 15 is 0 Å². The van der Waals surface area contributed by atoms with Crippen LogP contribution in [0.4, 0.5) is 14.5 Å². The minimum Gasteiger partial charge on any atom is -0.379 e. The van der Waals surface area contributed by atoms with Crippen molar-refractivity contribution in [2.24, 2.45) is 16.6 Å². The monoisotopic (exact) mass is 402 g/mol. The van der Waals surface area contributed by atoms with Crippen LogP contribution in [-0.2, 0) is 5.54 Å². The van der Waals surface area contributed by atoms with Crippen LogP contribution in [0.3, 0.4) is 0 Å². The predicted octanol–water partition coefficient (Wildman–Crippen LogP) is 4.06. The van der Waals surface area contributed by atoms with Crippen LogP contribution >= 0.6 is 11.8 Å². The molecule has 1 saturated carbocycles. The number of thioether (sulfide) groups is 1. The van der Waals surface area contributed by atoms with Crippen LogP contribution in [-0.4, -0.2) is 21.8 Å². The molecular formula is C20H20F2N4OS. The van der Waals surface area contributed by atoms with E-state index in [1.165, 1.54) is 24.0 Å². The number of hydrogen-bond donors (Lipinski definition) is 2. The second-order valence-corrected chi connectivity index (χ2v) is 8.16. The van der Waals surface area contributed by atoms with Gasteiger partial charge in [0.25, 0.3) is 5.91 Å². The molecule has 2 heterocycles. The summed E-state index contributed by atoms with van der Waals surface area (Å²) < 4.78 is 29.4. The second-order valence-electron chi connectivity index (χ2n) is 7.12. The van der Waals surface area contributed by atoms with Crippen LogP contribution < -0.4 is 11.1 Å². The van der Waals surface area contributed by atoms with Crippen LogP contribution in [0.15, 0.2) is 41.5 Å². The first-order valence-corrected chi connectivity index (χ1v) is 10.2. The van der Waals surface area contributed by atoms with Crippen LogP contribution in [0, 0.1) is 17.6 Å². The number of nitrogens with zero attached hydrogens (tertiary/aromatic N) is 2. The molecule has 8 heteroatoms. The summed E-state index contributed by atoms with van der Waals surface area (Å²) >= 11 is 1.45. The Hall–Kier alpha value is -2.48. The molecule has 4 rings (SSSR count). The number of fused-ring (bicyclic) bond motifs is 1. The van der Waals surface area contributed by atoms with E-state index in [-0.39, 0.29) is 22.9 Å². The van der Waals surface area contributed by atoms with Gasteiger partial charge in [0, 0.05) is 29.3 Å². The quantitative estimate of drug-likeness (QED) is 0.811. The first-order valence-electron chi connectivity index (χ1n) is 9.19. The van der Waals surface area contributed by atoms with Gasteiger partial charge in [-0.1, -0.05) is 30.7 Å². The molecule has 0 bridgehead atoms. The van der Waals surface area contributed by atoms with Crippen molar-refractivity contribution < 1.29 is 13.6 Å². The first kappa shape index (κ1) is 18.9. The van der Waals surface area contributed by atoms with Crippen molar-refractivity contribution in [3.63, 3.8) is 0 Å². The molecule has 1 aliphatic carbocycles. The lowest BCUT2D eigenvalue weighted by Crippen LogP contribution is -2.43. The lowest BCUT2D eigenvalue weighted by atomic mass is 9.69. The highest BCUT2D eigenvalue weighted by Crippen LogP contribution is 2.50. The van der Waals surface area contributed by atoms with E-state index in [2.05, 4.69) is 15.3 Å². The topological polar surface area (TPSA) is 80.4 Å². The Morgan fingerprint density at radius 3 is 2.93 bits per heavy atom. The molecule has 2 atom stereocenters. The molecule has 0 unspecified atom stereocenters. The van der Waals surface area contributed by atoms with Crippen molar-refractivity contribution in [1.82, 2.24) is 4.98 Å². The number of halogens is 2. The normalized spacial score (nSPS) is 24.2. The van der Waals surface area contributed by atoms with Crippen molar-refractivity contribution >= 4 is 28.5 Å². The zero-order valence-electron chi connectivity index (χ0n) is 15.1. The average Bonchev–Trinajstić information content (AvgIpc) is 2.70. The van der Waals surface area contributed by atoms with Crippen LogP contribution in [0.5, 0.6) is 0 Å². The minimum atomic E-state index is -1.01. The Kier molecular flexibility index (Phi) is 5.05. The second kappa shape index (κ2) is 7.50. The van der Waals surface area contributed by atoms with Crippen molar-refractivity contribution in [3.8, 4) is 0 Å². The van der Waals surface area contributed by atoms with E-state index in [1.54, 1.807) is 18.2 Å². The van der Waals surface area contributed by atoms with E-state index in [0.717, 1.165) is 31.1 Å². The summed E-state index contributed by atoms with van der Waals surface area (Å²) in [5.74, 6) is -1.63. The number of amidine groups is 1. The van der Waals surface area contributed by atoms with Gasteiger partial charge in [-0.05, 0) is 37.0 Å². The number of anilines is 1. The summed E-state index contributed by atoms with van der Waals surface area (Å²) in [7, 11) is 0. The fourth-order valence-corrected chi connectivity index (χ4v) is 5.14. The molecule has 5 nitrogen and oxygen atoms in total. The van der Waals surface area contributed by atoms with Crippen molar-refractivity contribution in [2.75, 3.05) is 11.1 Å². The van der Waals surface area contributed by atoms with Gasteiger partial charge in [0.1, 0.15) is 5.69 Å². The number of nitrogens with one attached hydrogen (secondary N) is 1. The average molecular weight is 402 g/mol. The molecule has 0 saturated heterocycles. The predicted molar refractivity (Wildman–Crippen MR) is 106 cm³/mol. The van der Waals surface area contributed by atoms with Gasteiger partial charge < -0.3 is 11.1 Å². The number of carbonyl (C=O) groups excluding carboxylic acids is 1. The molecule has 0 spiro atoms. The van der Waals surface area contributed by atoms with E-state index in [4.69, 9.17) is 5.73 Å². The Bertz CT molecular complexity index is 937. The van der Waals surface area contributed by atoms with Gasteiger partial charge in [-0.25, -0.2) is 8.78 Å². The summed E-state index contributed by atoms with van der Waals surface area (Å²) in [6.07, 6.45) is 4.88. The van der Waals surface area contributed by atoms with Crippen LogP contribution in [0.25, 0.3) is 0 Å². The van der Waals surface area contributed by atoms with Gasteiger partial charge in [-0.2, -0.15) is 0 Å². The van der Waals surface area contributed by atoms with Gasteiger partial charge in [0.2, 0.25) is 0 Å². The minimum absolute atomic E-state index is 0.0780.